The molecule has 0 unspecified atom stereocenters. The third-order valence-corrected chi connectivity index (χ3v) is 2.01. The molecule has 1 atom stereocenters. The molecule has 2 N–H and O–H groups in total. The summed E-state index contributed by atoms with van der Waals surface area (Å²) in [6.45, 7) is 0.279. The lowest BCUT2D eigenvalue weighted by molar-refractivity contribution is 0.333. The SMILES string of the molecule is N#Cc1cc(F)c2c(c1)OC[C@@H]2N. The third-order valence-electron chi connectivity index (χ3n) is 2.01. The average Bonchev–Trinajstić information content (AvgIpc) is 2.48. The van der Waals surface area contributed by atoms with Crippen LogP contribution in [0.4, 0.5) is 4.39 Å². The first-order valence-electron chi connectivity index (χ1n) is 3.84. The second-order valence-electron chi connectivity index (χ2n) is 2.90. The van der Waals surface area contributed by atoms with Gasteiger partial charge in [-0.15, -0.1) is 0 Å². The minimum atomic E-state index is -0.459. The molecule has 1 aliphatic heterocycles. The molecule has 0 spiro atoms. The van der Waals surface area contributed by atoms with E-state index >= 15 is 0 Å². The molecule has 0 amide bonds. The third kappa shape index (κ3) is 1.14. The Morgan fingerprint density at radius 2 is 2.38 bits per heavy atom. The summed E-state index contributed by atoms with van der Waals surface area (Å²) in [5, 5.41) is 8.56. The van der Waals surface area contributed by atoms with Crippen LogP contribution in [0.2, 0.25) is 0 Å². The first kappa shape index (κ1) is 8.02. The maximum Gasteiger partial charge on any atom is 0.133 e. The predicted octanol–water partition coefficient (Wildman–Crippen LogP) is 1.09. The molecule has 1 aromatic rings. The topological polar surface area (TPSA) is 59.0 Å². The fourth-order valence-corrected chi connectivity index (χ4v) is 1.40. The van der Waals surface area contributed by atoms with Gasteiger partial charge in [0.15, 0.2) is 0 Å². The van der Waals surface area contributed by atoms with Gasteiger partial charge in [0, 0.05) is 0 Å². The van der Waals surface area contributed by atoms with Crippen LogP contribution < -0.4 is 10.5 Å². The van der Waals surface area contributed by atoms with Gasteiger partial charge in [-0.1, -0.05) is 0 Å². The molecule has 3 nitrogen and oxygen atoms in total. The highest BCUT2D eigenvalue weighted by atomic mass is 19.1. The van der Waals surface area contributed by atoms with Gasteiger partial charge in [-0.05, 0) is 12.1 Å². The number of hydrogen-bond donors (Lipinski definition) is 1. The Kier molecular flexibility index (Phi) is 1.67. The van der Waals surface area contributed by atoms with Gasteiger partial charge in [0.25, 0.3) is 0 Å². The van der Waals surface area contributed by atoms with E-state index in [0.717, 1.165) is 0 Å². The van der Waals surface area contributed by atoms with Crippen LogP contribution in [0.1, 0.15) is 17.2 Å². The number of nitriles is 1. The van der Waals surface area contributed by atoms with Crippen LogP contribution in [0.15, 0.2) is 12.1 Å². The molecule has 4 heteroatoms. The van der Waals surface area contributed by atoms with E-state index in [9.17, 15) is 4.39 Å². The van der Waals surface area contributed by atoms with Crippen LogP contribution in [0.3, 0.4) is 0 Å². The highest BCUT2D eigenvalue weighted by Gasteiger charge is 2.25. The zero-order valence-electron chi connectivity index (χ0n) is 6.75. The molecule has 0 saturated heterocycles. The van der Waals surface area contributed by atoms with Gasteiger partial charge in [0.1, 0.15) is 18.2 Å². The van der Waals surface area contributed by atoms with Crippen molar-refractivity contribution in [2.45, 2.75) is 6.04 Å². The van der Waals surface area contributed by atoms with E-state index in [1.807, 2.05) is 6.07 Å². The summed E-state index contributed by atoms with van der Waals surface area (Å²) < 4.78 is 18.4. The lowest BCUT2D eigenvalue weighted by atomic mass is 10.1. The van der Waals surface area contributed by atoms with Crippen molar-refractivity contribution in [2.75, 3.05) is 6.61 Å². The second kappa shape index (κ2) is 2.71. The van der Waals surface area contributed by atoms with E-state index in [-0.39, 0.29) is 12.2 Å². The van der Waals surface area contributed by atoms with Crippen LogP contribution in [-0.4, -0.2) is 6.61 Å². The van der Waals surface area contributed by atoms with Gasteiger partial charge in [-0.25, -0.2) is 4.39 Å². The maximum atomic E-state index is 13.3. The van der Waals surface area contributed by atoms with Gasteiger partial charge < -0.3 is 10.5 Å². The zero-order chi connectivity index (χ0) is 9.42. The van der Waals surface area contributed by atoms with E-state index in [2.05, 4.69) is 0 Å². The number of nitrogens with zero attached hydrogens (tertiary/aromatic N) is 1. The average molecular weight is 178 g/mol. The number of rotatable bonds is 0. The molecule has 0 fully saturated rings. The fourth-order valence-electron chi connectivity index (χ4n) is 1.40. The Morgan fingerprint density at radius 3 is 3.08 bits per heavy atom. The maximum absolute atomic E-state index is 13.3. The lowest BCUT2D eigenvalue weighted by Crippen LogP contribution is -2.12. The van der Waals surface area contributed by atoms with E-state index in [1.165, 1.54) is 12.1 Å². The first-order valence-corrected chi connectivity index (χ1v) is 3.84. The van der Waals surface area contributed by atoms with Crippen LogP contribution in [0.25, 0.3) is 0 Å². The largest absolute Gasteiger partial charge is 0.491 e. The van der Waals surface area contributed by atoms with E-state index in [1.54, 1.807) is 0 Å². The van der Waals surface area contributed by atoms with E-state index in [0.29, 0.717) is 11.3 Å². The molecule has 13 heavy (non-hydrogen) atoms. The minimum Gasteiger partial charge on any atom is -0.491 e. The molecule has 2 rings (SSSR count). The summed E-state index contributed by atoms with van der Waals surface area (Å²) in [5.74, 6) is -0.0666. The highest BCUT2D eigenvalue weighted by molar-refractivity contribution is 5.46. The van der Waals surface area contributed by atoms with Gasteiger partial charge in [-0.3, -0.25) is 0 Å². The summed E-state index contributed by atoms with van der Waals surface area (Å²) in [6, 6.07) is 4.12. The molecular weight excluding hydrogens is 171 g/mol. The number of nitrogens with two attached hydrogens (primary N) is 1. The van der Waals surface area contributed by atoms with Gasteiger partial charge in [-0.2, -0.15) is 5.26 Å². The van der Waals surface area contributed by atoms with Gasteiger partial charge in [0.2, 0.25) is 0 Å². The Morgan fingerprint density at radius 1 is 1.62 bits per heavy atom. The molecule has 0 bridgehead atoms. The normalized spacial score (nSPS) is 19.0. The standard InChI is InChI=1S/C9H7FN2O/c10-6-1-5(3-11)2-8-9(6)7(12)4-13-8/h1-2,7H,4,12H2/t7-/m0/s1. The summed E-state index contributed by atoms with van der Waals surface area (Å²) in [4.78, 5) is 0. The number of hydrogen-bond acceptors (Lipinski definition) is 3. The smallest absolute Gasteiger partial charge is 0.133 e. The van der Waals surface area contributed by atoms with Crippen molar-refractivity contribution in [3.8, 4) is 11.8 Å². The number of ether oxygens (including phenoxy) is 1. The van der Waals surface area contributed by atoms with Crippen LogP contribution in [0.5, 0.6) is 5.75 Å². The molecule has 1 aromatic carbocycles. The van der Waals surface area contributed by atoms with Crippen LogP contribution >= 0.6 is 0 Å². The highest BCUT2D eigenvalue weighted by Crippen LogP contribution is 2.33. The summed E-state index contributed by atoms with van der Waals surface area (Å²) in [6.07, 6.45) is 0. The summed E-state index contributed by atoms with van der Waals surface area (Å²) in [5.41, 5.74) is 6.22. The van der Waals surface area contributed by atoms with E-state index in [4.69, 9.17) is 15.7 Å². The Bertz CT molecular complexity index is 397. The first-order chi connectivity index (χ1) is 6.22. The van der Waals surface area contributed by atoms with Crippen molar-refractivity contribution in [3.05, 3.63) is 29.1 Å². The quantitative estimate of drug-likeness (QED) is 0.646. The molecule has 66 valence electrons. The number of benzene rings is 1. The molecule has 1 heterocycles. The zero-order valence-corrected chi connectivity index (χ0v) is 6.75. The molecule has 0 aliphatic carbocycles. The Hall–Kier alpha value is -1.60. The van der Waals surface area contributed by atoms with Crippen LogP contribution in [0, 0.1) is 17.1 Å². The number of halogens is 1. The summed E-state index contributed by atoms with van der Waals surface area (Å²) in [7, 11) is 0. The van der Waals surface area contributed by atoms with Gasteiger partial charge >= 0.3 is 0 Å². The van der Waals surface area contributed by atoms with Crippen molar-refractivity contribution >= 4 is 0 Å². The summed E-state index contributed by atoms with van der Waals surface area (Å²) >= 11 is 0. The van der Waals surface area contributed by atoms with Crippen molar-refractivity contribution < 1.29 is 9.13 Å². The Balaban J connectivity index is 2.61. The molecule has 0 radical (unpaired) electrons. The van der Waals surface area contributed by atoms with Gasteiger partial charge in [0.05, 0.1) is 23.2 Å². The molecule has 1 aliphatic rings. The van der Waals surface area contributed by atoms with Crippen molar-refractivity contribution in [2.24, 2.45) is 5.73 Å². The Labute approximate surface area is 74.5 Å². The molecule has 0 aromatic heterocycles. The minimum absolute atomic E-state index is 0.255. The predicted molar refractivity (Wildman–Crippen MR) is 43.5 cm³/mol. The fraction of sp³-hybridized carbons (Fsp3) is 0.222. The van der Waals surface area contributed by atoms with Crippen molar-refractivity contribution in [1.29, 1.82) is 5.26 Å². The van der Waals surface area contributed by atoms with Crippen LogP contribution in [-0.2, 0) is 0 Å². The molecular formula is C9H7FN2O. The second-order valence-corrected chi connectivity index (χ2v) is 2.90. The monoisotopic (exact) mass is 178 g/mol. The lowest BCUT2D eigenvalue weighted by Gasteiger charge is -2.02. The van der Waals surface area contributed by atoms with E-state index < -0.39 is 11.9 Å². The number of fused-ring (bicyclic) bond motifs is 1. The van der Waals surface area contributed by atoms with Crippen molar-refractivity contribution in [3.63, 3.8) is 0 Å². The molecule has 0 saturated carbocycles. The van der Waals surface area contributed by atoms with Crippen molar-refractivity contribution in [1.82, 2.24) is 0 Å².